The summed E-state index contributed by atoms with van der Waals surface area (Å²) in [5.74, 6) is 9.44. The molecular weight excluding hydrogens is 989 g/mol. The Bertz CT molecular complexity index is 1390. The summed E-state index contributed by atoms with van der Waals surface area (Å²) >= 11 is 0. The van der Waals surface area contributed by atoms with E-state index in [0.717, 1.165) is 85.6 Å². The maximum absolute atomic E-state index is 5.86. The van der Waals surface area contributed by atoms with Crippen molar-refractivity contribution in [3.8, 4) is 0 Å². The monoisotopic (exact) mass is 1140 g/mol. The molecule has 0 radical (unpaired) electrons. The van der Waals surface area contributed by atoms with Crippen LogP contribution in [0.1, 0.15) is 350 Å². The van der Waals surface area contributed by atoms with Crippen molar-refractivity contribution in [1.82, 2.24) is 0 Å². The Kier molecular flexibility index (Phi) is 50.5. The van der Waals surface area contributed by atoms with Gasteiger partial charge in [-0.25, -0.2) is 0 Å². The van der Waals surface area contributed by atoms with E-state index >= 15 is 0 Å². The molecule has 0 saturated heterocycles. The Hall–Kier alpha value is -0.680. The zero-order valence-electron chi connectivity index (χ0n) is 55.7. The van der Waals surface area contributed by atoms with E-state index in [-0.39, 0.29) is 7.43 Å². The molecule has 11 unspecified atom stereocenters. The molecule has 0 aromatic rings. The standard InChI is InChI=1S/C38H74O2.C38H70O2.CH4/c2*1-5-7-9-17-23-33-28-29-34(24-18-13-11-12-16-22-30-39-3)38(37(33)27-21-10-8-6-2)31-35-25-19-14-15-20-26-36(35)32-40-4;/h33-38H,5-32H2,1-4H3;28-29,31,33-34,36-38H,5-27,30,32H2,1-4H3;1H4/b;35-31+;. The van der Waals surface area contributed by atoms with E-state index in [2.05, 4.69) is 45.9 Å². The van der Waals surface area contributed by atoms with Crippen LogP contribution in [-0.4, -0.2) is 54.9 Å². The third-order valence-corrected chi connectivity index (χ3v) is 21.3. The van der Waals surface area contributed by atoms with Crippen LogP contribution in [0.5, 0.6) is 0 Å². The topological polar surface area (TPSA) is 36.9 Å². The highest BCUT2D eigenvalue weighted by Crippen LogP contribution is 2.50. The SMILES string of the molecule is C.CCCCCCC1C=CC(CCCCCCCCOC)C(/C=C2\CCCCCCC2COC)C1CCCCCC.CCCCCCC1CCC(CCCCCCCCOC)C(CC2CCCCCCC2COC)C1CCCCCC. The van der Waals surface area contributed by atoms with Crippen LogP contribution in [0, 0.1) is 65.1 Å². The van der Waals surface area contributed by atoms with Gasteiger partial charge in [-0.05, 0) is 143 Å². The van der Waals surface area contributed by atoms with Gasteiger partial charge in [0.2, 0.25) is 0 Å². The maximum atomic E-state index is 5.86. The minimum atomic E-state index is 0. The van der Waals surface area contributed by atoms with Crippen LogP contribution in [0.2, 0.25) is 0 Å². The van der Waals surface area contributed by atoms with Crippen LogP contribution >= 0.6 is 0 Å². The average Bonchev–Trinajstić information content (AvgIpc) is 3.46. The van der Waals surface area contributed by atoms with Gasteiger partial charge in [0.15, 0.2) is 0 Å². The van der Waals surface area contributed by atoms with E-state index in [0.29, 0.717) is 5.92 Å². The van der Waals surface area contributed by atoms with E-state index in [1.165, 1.54) is 315 Å². The molecule has 3 fully saturated rings. The van der Waals surface area contributed by atoms with Crippen molar-refractivity contribution < 1.29 is 18.9 Å². The first-order valence-electron chi connectivity index (χ1n) is 36.8. The lowest BCUT2D eigenvalue weighted by molar-refractivity contribution is 0.0243. The van der Waals surface area contributed by atoms with Crippen LogP contribution in [0.25, 0.3) is 0 Å². The van der Waals surface area contributed by atoms with E-state index < -0.39 is 0 Å². The van der Waals surface area contributed by atoms with Crippen LogP contribution in [0.4, 0.5) is 0 Å². The van der Waals surface area contributed by atoms with Gasteiger partial charge in [-0.1, -0.05) is 290 Å². The fraction of sp³-hybridized carbons (Fsp3) is 0.948. The van der Waals surface area contributed by atoms with Gasteiger partial charge in [0.25, 0.3) is 0 Å². The summed E-state index contributed by atoms with van der Waals surface area (Å²) in [5, 5.41) is 0. The molecule has 11 atom stereocenters. The Morgan fingerprint density at radius 1 is 0.358 bits per heavy atom. The van der Waals surface area contributed by atoms with Crippen molar-refractivity contribution in [2.24, 2.45) is 65.1 Å². The molecular formula is C77H148O4. The molecule has 3 saturated carbocycles. The third kappa shape index (κ3) is 34.5. The second-order valence-corrected chi connectivity index (χ2v) is 27.6. The molecule has 4 aliphatic carbocycles. The minimum absolute atomic E-state index is 0. The highest BCUT2D eigenvalue weighted by molar-refractivity contribution is 5.17. The molecule has 4 aliphatic rings. The van der Waals surface area contributed by atoms with Gasteiger partial charge >= 0.3 is 0 Å². The Morgan fingerprint density at radius 2 is 0.778 bits per heavy atom. The van der Waals surface area contributed by atoms with Gasteiger partial charge in [0, 0.05) is 54.2 Å². The summed E-state index contributed by atoms with van der Waals surface area (Å²) in [5.41, 5.74) is 1.77. The molecule has 0 N–H and O–H groups in total. The highest BCUT2D eigenvalue weighted by Gasteiger charge is 2.41. The predicted molar refractivity (Wildman–Crippen MR) is 359 cm³/mol. The lowest BCUT2D eigenvalue weighted by atomic mass is 9.59. The molecule has 4 heteroatoms. The van der Waals surface area contributed by atoms with Crippen molar-refractivity contribution in [2.75, 3.05) is 54.9 Å². The first-order chi connectivity index (χ1) is 39.5. The fourth-order valence-electron chi connectivity index (χ4n) is 16.5. The molecule has 480 valence electrons. The normalized spacial score (nSPS) is 27.0. The van der Waals surface area contributed by atoms with E-state index in [1.54, 1.807) is 5.57 Å². The average molecular weight is 1140 g/mol. The largest absolute Gasteiger partial charge is 0.385 e. The highest BCUT2D eigenvalue weighted by atomic mass is 16.5. The summed E-state index contributed by atoms with van der Waals surface area (Å²) in [6.07, 6.45) is 77.7. The summed E-state index contributed by atoms with van der Waals surface area (Å²) < 4.78 is 22.1. The van der Waals surface area contributed by atoms with E-state index in [9.17, 15) is 0 Å². The second-order valence-electron chi connectivity index (χ2n) is 27.6. The van der Waals surface area contributed by atoms with E-state index in [1.807, 2.05) is 28.4 Å². The molecule has 0 spiro atoms. The Balaban J connectivity index is 0.000000547. The molecule has 4 nitrogen and oxygen atoms in total. The van der Waals surface area contributed by atoms with Crippen molar-refractivity contribution in [2.45, 2.75) is 350 Å². The number of ether oxygens (including phenoxy) is 4. The first kappa shape index (κ1) is 76.4. The van der Waals surface area contributed by atoms with Crippen molar-refractivity contribution in [3.63, 3.8) is 0 Å². The molecule has 0 amide bonds. The zero-order chi connectivity index (χ0) is 57.4. The number of allylic oxidation sites excluding steroid dienone is 3. The molecule has 0 aromatic carbocycles. The quantitative estimate of drug-likeness (QED) is 0.0450. The van der Waals surface area contributed by atoms with Crippen LogP contribution in [0.15, 0.2) is 23.8 Å². The molecule has 0 aromatic heterocycles. The van der Waals surface area contributed by atoms with Crippen molar-refractivity contribution >= 4 is 0 Å². The van der Waals surface area contributed by atoms with Gasteiger partial charge in [0.1, 0.15) is 0 Å². The van der Waals surface area contributed by atoms with Crippen molar-refractivity contribution in [1.29, 1.82) is 0 Å². The van der Waals surface area contributed by atoms with Gasteiger partial charge in [0.05, 0.1) is 6.61 Å². The summed E-state index contributed by atoms with van der Waals surface area (Å²) in [4.78, 5) is 0. The lowest BCUT2D eigenvalue weighted by Gasteiger charge is -2.46. The van der Waals surface area contributed by atoms with Gasteiger partial charge in [-0.3, -0.25) is 0 Å². The number of unbranched alkanes of at least 4 members (excludes halogenated alkanes) is 22. The van der Waals surface area contributed by atoms with Crippen LogP contribution < -0.4 is 0 Å². The molecule has 81 heavy (non-hydrogen) atoms. The first-order valence-corrected chi connectivity index (χ1v) is 36.8. The smallest absolute Gasteiger partial charge is 0.0527 e. The zero-order valence-corrected chi connectivity index (χ0v) is 55.7. The summed E-state index contributed by atoms with van der Waals surface area (Å²) in [6.45, 7) is 13.2. The Labute approximate surface area is 510 Å². The van der Waals surface area contributed by atoms with Gasteiger partial charge in [-0.15, -0.1) is 0 Å². The maximum Gasteiger partial charge on any atom is 0.0527 e. The van der Waals surface area contributed by atoms with E-state index in [4.69, 9.17) is 18.9 Å². The van der Waals surface area contributed by atoms with Gasteiger partial charge in [-0.2, -0.15) is 0 Å². The molecule has 0 bridgehead atoms. The molecule has 0 aliphatic heterocycles. The molecule has 0 heterocycles. The summed E-state index contributed by atoms with van der Waals surface area (Å²) in [7, 11) is 7.53. The van der Waals surface area contributed by atoms with Crippen LogP contribution in [0.3, 0.4) is 0 Å². The fourth-order valence-corrected chi connectivity index (χ4v) is 16.5. The predicted octanol–water partition coefficient (Wildman–Crippen LogP) is 24.7. The minimum Gasteiger partial charge on any atom is -0.385 e. The number of methoxy groups -OCH3 is 4. The van der Waals surface area contributed by atoms with Crippen molar-refractivity contribution in [3.05, 3.63) is 23.8 Å². The van der Waals surface area contributed by atoms with Crippen LogP contribution in [-0.2, 0) is 18.9 Å². The second kappa shape index (κ2) is 53.6. The van der Waals surface area contributed by atoms with Gasteiger partial charge < -0.3 is 18.9 Å². The number of hydrogen-bond donors (Lipinski definition) is 0. The lowest BCUT2D eigenvalue weighted by Crippen LogP contribution is -2.38. The summed E-state index contributed by atoms with van der Waals surface area (Å²) in [6, 6.07) is 0. The number of hydrogen-bond acceptors (Lipinski definition) is 4. The Morgan fingerprint density at radius 3 is 1.31 bits per heavy atom. The number of rotatable bonds is 45. The third-order valence-electron chi connectivity index (χ3n) is 21.3. The molecule has 4 rings (SSSR count).